The first-order valence-corrected chi connectivity index (χ1v) is 9.78. The van der Waals surface area contributed by atoms with Crippen molar-refractivity contribution in [1.82, 2.24) is 20.5 Å². The Hall–Kier alpha value is -1.02. The number of hydrogen-bond donors (Lipinski definition) is 2. The summed E-state index contributed by atoms with van der Waals surface area (Å²) in [5, 5.41) is 9.57. The molecule has 0 radical (unpaired) electrons. The minimum absolute atomic E-state index is 0.0268. The maximum absolute atomic E-state index is 12.1. The molecular weight excluding hydrogens is 324 g/mol. The number of thiazole rings is 1. The molecule has 1 amide bonds. The first-order chi connectivity index (χ1) is 11.7. The Kier molecular flexibility index (Phi) is 6.59. The van der Waals surface area contributed by atoms with Gasteiger partial charge in [-0.15, -0.1) is 11.3 Å². The normalized spacial score (nSPS) is 25.0. The van der Waals surface area contributed by atoms with Gasteiger partial charge in [-0.3, -0.25) is 9.69 Å². The van der Waals surface area contributed by atoms with Gasteiger partial charge in [0, 0.05) is 32.1 Å². The second-order valence-corrected chi connectivity index (χ2v) is 7.75. The average molecular weight is 353 g/mol. The number of amides is 1. The number of carbonyl (C=O) groups excluding carboxylic acids is 1. The summed E-state index contributed by atoms with van der Waals surface area (Å²) in [7, 11) is 1.70. The largest absolute Gasteiger partial charge is 0.378 e. The summed E-state index contributed by atoms with van der Waals surface area (Å²) in [4.78, 5) is 19.2. The molecule has 0 spiro atoms. The molecule has 134 valence electrons. The van der Waals surface area contributed by atoms with Gasteiger partial charge in [0.2, 0.25) is 5.91 Å². The van der Waals surface area contributed by atoms with Crippen molar-refractivity contribution in [1.29, 1.82) is 0 Å². The molecule has 2 aliphatic heterocycles. The van der Waals surface area contributed by atoms with E-state index >= 15 is 0 Å². The lowest BCUT2D eigenvalue weighted by Gasteiger charge is -2.32. The zero-order valence-corrected chi connectivity index (χ0v) is 15.2. The van der Waals surface area contributed by atoms with Crippen molar-refractivity contribution in [3.63, 3.8) is 0 Å². The molecule has 3 rings (SSSR count). The molecule has 2 fully saturated rings. The lowest BCUT2D eigenvalue weighted by atomic mass is 9.97. The molecule has 1 aromatic heterocycles. The van der Waals surface area contributed by atoms with Crippen molar-refractivity contribution < 1.29 is 9.53 Å². The minimum atomic E-state index is 0.0268. The molecule has 2 N–H and O–H groups in total. The van der Waals surface area contributed by atoms with Crippen LogP contribution in [0, 0.1) is 5.92 Å². The minimum Gasteiger partial charge on any atom is -0.378 e. The predicted octanol–water partition coefficient (Wildman–Crippen LogP) is 1.37. The highest BCUT2D eigenvalue weighted by Crippen LogP contribution is 2.19. The van der Waals surface area contributed by atoms with Crippen LogP contribution in [0.2, 0.25) is 0 Å². The van der Waals surface area contributed by atoms with Crippen LogP contribution in [-0.2, 0) is 22.7 Å². The number of nitrogens with zero attached hydrogens (tertiary/aromatic N) is 2. The van der Waals surface area contributed by atoms with Crippen molar-refractivity contribution in [3.8, 4) is 0 Å². The summed E-state index contributed by atoms with van der Waals surface area (Å²) in [5.74, 6) is 0.717. The first kappa shape index (κ1) is 17.8. The quantitative estimate of drug-likeness (QED) is 0.776. The van der Waals surface area contributed by atoms with E-state index in [-0.39, 0.29) is 11.9 Å². The number of rotatable bonds is 7. The molecule has 0 saturated carbocycles. The van der Waals surface area contributed by atoms with Gasteiger partial charge in [-0.05, 0) is 44.7 Å². The molecule has 3 heterocycles. The summed E-state index contributed by atoms with van der Waals surface area (Å²) in [6.45, 7) is 5.40. The number of nitrogens with one attached hydrogen (secondary N) is 2. The number of hydrogen-bond acceptors (Lipinski definition) is 6. The summed E-state index contributed by atoms with van der Waals surface area (Å²) in [5.41, 5.74) is 1.13. The van der Waals surface area contributed by atoms with Crippen molar-refractivity contribution in [2.75, 3.05) is 33.3 Å². The molecule has 2 saturated heterocycles. The summed E-state index contributed by atoms with van der Waals surface area (Å²) < 4.78 is 5.13. The van der Waals surface area contributed by atoms with Crippen LogP contribution in [0.3, 0.4) is 0 Å². The van der Waals surface area contributed by atoms with E-state index in [9.17, 15) is 4.79 Å². The number of ether oxygens (including phenoxy) is 1. The molecule has 1 aromatic rings. The van der Waals surface area contributed by atoms with Gasteiger partial charge in [0.25, 0.3) is 0 Å². The van der Waals surface area contributed by atoms with Crippen LogP contribution >= 0.6 is 11.3 Å². The molecule has 7 heteroatoms. The molecule has 6 nitrogen and oxygen atoms in total. The standard InChI is InChI=1S/C17H28N4O2S/c1-23-11-16-20-14(12-24-16)10-21-7-3-4-13(9-21)8-19-17(22)15-5-2-6-18-15/h12-13,15,18H,2-11H2,1H3,(H,19,22). The third-order valence-electron chi connectivity index (χ3n) is 4.80. The van der Waals surface area contributed by atoms with Gasteiger partial charge < -0.3 is 15.4 Å². The van der Waals surface area contributed by atoms with Crippen LogP contribution < -0.4 is 10.6 Å². The number of piperidine rings is 1. The molecule has 2 atom stereocenters. The van der Waals surface area contributed by atoms with Crippen LogP contribution in [0.1, 0.15) is 36.4 Å². The zero-order chi connectivity index (χ0) is 16.8. The Balaban J connectivity index is 1.42. The second kappa shape index (κ2) is 8.89. The Morgan fingerprint density at radius 2 is 2.42 bits per heavy atom. The summed E-state index contributed by atoms with van der Waals surface area (Å²) >= 11 is 1.67. The van der Waals surface area contributed by atoms with Crippen LogP contribution in [0.4, 0.5) is 0 Å². The lowest BCUT2D eigenvalue weighted by Crippen LogP contribution is -2.45. The van der Waals surface area contributed by atoms with Crippen LogP contribution in [0.25, 0.3) is 0 Å². The number of methoxy groups -OCH3 is 1. The third-order valence-corrected chi connectivity index (χ3v) is 5.67. The van der Waals surface area contributed by atoms with Crippen molar-refractivity contribution in [2.45, 2.75) is 44.9 Å². The third kappa shape index (κ3) is 4.99. The highest BCUT2D eigenvalue weighted by atomic mass is 32.1. The number of likely N-dealkylation sites (tertiary alicyclic amines) is 1. The van der Waals surface area contributed by atoms with Crippen LogP contribution in [-0.4, -0.2) is 55.1 Å². The Morgan fingerprint density at radius 3 is 3.21 bits per heavy atom. The van der Waals surface area contributed by atoms with Gasteiger partial charge in [-0.1, -0.05) is 0 Å². The number of aromatic nitrogens is 1. The van der Waals surface area contributed by atoms with Gasteiger partial charge in [-0.25, -0.2) is 4.98 Å². The molecule has 24 heavy (non-hydrogen) atoms. The fourth-order valence-corrected chi connectivity index (χ4v) is 4.33. The molecule has 0 bridgehead atoms. The van der Waals surface area contributed by atoms with Gasteiger partial charge >= 0.3 is 0 Å². The number of carbonyl (C=O) groups is 1. The topological polar surface area (TPSA) is 66.5 Å². The van der Waals surface area contributed by atoms with Gasteiger partial charge in [0.05, 0.1) is 18.3 Å². The monoisotopic (exact) mass is 352 g/mol. The van der Waals surface area contributed by atoms with E-state index < -0.39 is 0 Å². The van der Waals surface area contributed by atoms with Crippen molar-refractivity contribution in [2.24, 2.45) is 5.92 Å². The molecule has 2 unspecified atom stereocenters. The summed E-state index contributed by atoms with van der Waals surface area (Å²) in [6.07, 6.45) is 4.46. The van der Waals surface area contributed by atoms with Gasteiger partial charge in [0.15, 0.2) is 0 Å². The highest BCUT2D eigenvalue weighted by Gasteiger charge is 2.24. The Labute approximate surface area is 148 Å². The average Bonchev–Trinajstić information content (AvgIpc) is 3.26. The maximum Gasteiger partial charge on any atom is 0.237 e. The maximum atomic E-state index is 12.1. The fourth-order valence-electron chi connectivity index (χ4n) is 3.58. The smallest absolute Gasteiger partial charge is 0.237 e. The molecule has 0 aromatic carbocycles. The van der Waals surface area contributed by atoms with E-state index in [1.165, 1.54) is 12.8 Å². The van der Waals surface area contributed by atoms with E-state index in [2.05, 4.69) is 25.9 Å². The van der Waals surface area contributed by atoms with Crippen LogP contribution in [0.5, 0.6) is 0 Å². The van der Waals surface area contributed by atoms with Gasteiger partial charge in [0.1, 0.15) is 5.01 Å². The SMILES string of the molecule is COCc1nc(CN2CCCC(CNC(=O)C3CCCN3)C2)cs1. The molecule has 2 aliphatic rings. The van der Waals surface area contributed by atoms with Crippen molar-refractivity contribution >= 4 is 17.2 Å². The zero-order valence-electron chi connectivity index (χ0n) is 14.4. The lowest BCUT2D eigenvalue weighted by molar-refractivity contribution is -0.123. The highest BCUT2D eigenvalue weighted by molar-refractivity contribution is 7.09. The summed E-state index contributed by atoms with van der Waals surface area (Å²) in [6, 6.07) is 0.0268. The molecule has 0 aliphatic carbocycles. The Morgan fingerprint density at radius 1 is 1.50 bits per heavy atom. The van der Waals surface area contributed by atoms with E-state index in [1.807, 2.05) is 0 Å². The molecular formula is C17H28N4O2S. The van der Waals surface area contributed by atoms with E-state index in [0.717, 1.165) is 56.3 Å². The second-order valence-electron chi connectivity index (χ2n) is 6.80. The van der Waals surface area contributed by atoms with Crippen LogP contribution in [0.15, 0.2) is 5.38 Å². The van der Waals surface area contributed by atoms with Gasteiger partial charge in [-0.2, -0.15) is 0 Å². The van der Waals surface area contributed by atoms with E-state index in [4.69, 9.17) is 4.74 Å². The Bertz CT molecular complexity index is 530. The van der Waals surface area contributed by atoms with E-state index in [0.29, 0.717) is 12.5 Å². The first-order valence-electron chi connectivity index (χ1n) is 8.90. The fraction of sp³-hybridized carbons (Fsp3) is 0.765. The van der Waals surface area contributed by atoms with E-state index in [1.54, 1.807) is 18.4 Å². The van der Waals surface area contributed by atoms with Crippen molar-refractivity contribution in [3.05, 3.63) is 16.1 Å². The predicted molar refractivity (Wildman–Crippen MR) is 94.9 cm³/mol.